The molecule has 0 bridgehead atoms. The fraction of sp³-hybridized carbons (Fsp3) is 1.00. The van der Waals surface area contributed by atoms with Gasteiger partial charge >= 0.3 is 0 Å². The van der Waals surface area contributed by atoms with E-state index in [0.717, 1.165) is 12.0 Å². The largest absolute Gasteiger partial charge is 0.311 e. The van der Waals surface area contributed by atoms with Crippen LogP contribution in [0.15, 0.2) is 0 Å². The lowest BCUT2D eigenvalue weighted by atomic mass is 9.69. The molecule has 2 aliphatic rings. The molecule has 0 aromatic rings. The molecule has 2 atom stereocenters. The van der Waals surface area contributed by atoms with E-state index in [1.165, 1.54) is 58.2 Å². The van der Waals surface area contributed by atoms with E-state index in [-0.39, 0.29) is 5.54 Å². The lowest BCUT2D eigenvalue weighted by molar-refractivity contribution is 0.0723. The Labute approximate surface area is 126 Å². The maximum atomic E-state index is 3.82. The molecule has 2 rings (SSSR count). The first kappa shape index (κ1) is 16.3. The van der Waals surface area contributed by atoms with Crippen molar-refractivity contribution in [2.75, 3.05) is 19.6 Å². The smallest absolute Gasteiger partial charge is 0.00967 e. The van der Waals surface area contributed by atoms with Crippen molar-refractivity contribution in [3.63, 3.8) is 0 Å². The number of nitrogens with one attached hydrogen (secondary N) is 1. The molecule has 0 amide bonds. The summed E-state index contributed by atoms with van der Waals surface area (Å²) in [6, 6.07) is 0.906. The van der Waals surface area contributed by atoms with Gasteiger partial charge in [-0.25, -0.2) is 0 Å². The van der Waals surface area contributed by atoms with E-state index in [1.807, 2.05) is 0 Å². The minimum atomic E-state index is 0.240. The molecule has 0 aliphatic heterocycles. The Bertz CT molecular complexity index is 303. The second kappa shape index (κ2) is 6.36. The first-order valence-electron chi connectivity index (χ1n) is 8.83. The zero-order chi connectivity index (χ0) is 14.8. The Kier molecular flexibility index (Phi) is 5.18. The van der Waals surface area contributed by atoms with Gasteiger partial charge in [0, 0.05) is 24.7 Å². The Morgan fingerprint density at radius 3 is 2.40 bits per heavy atom. The minimum absolute atomic E-state index is 0.240. The van der Waals surface area contributed by atoms with Gasteiger partial charge in [-0.1, -0.05) is 26.7 Å². The highest BCUT2D eigenvalue weighted by molar-refractivity contribution is 4.94. The van der Waals surface area contributed by atoms with Crippen LogP contribution in [-0.4, -0.2) is 36.1 Å². The monoisotopic (exact) mass is 280 g/mol. The van der Waals surface area contributed by atoms with Crippen molar-refractivity contribution >= 4 is 0 Å². The highest BCUT2D eigenvalue weighted by Gasteiger charge is 2.40. The second-order valence-electron chi connectivity index (χ2n) is 8.60. The first-order chi connectivity index (χ1) is 9.34. The standard InChI is InChI=1S/C18H36N2/c1-6-20(16-9-10-16)14-18(13-19-17(3,4)5)11-7-8-15(2)12-18/h15-16,19H,6-14H2,1-5H3. The summed E-state index contributed by atoms with van der Waals surface area (Å²) in [5.74, 6) is 0.906. The van der Waals surface area contributed by atoms with Crippen molar-refractivity contribution in [2.24, 2.45) is 11.3 Å². The summed E-state index contributed by atoms with van der Waals surface area (Å²) in [4.78, 5) is 2.77. The molecule has 1 N–H and O–H groups in total. The number of hydrogen-bond acceptors (Lipinski definition) is 2. The van der Waals surface area contributed by atoms with Crippen LogP contribution in [-0.2, 0) is 0 Å². The SMILES string of the molecule is CCN(CC1(CNC(C)(C)C)CCCC(C)C1)C1CC1. The molecule has 2 unspecified atom stereocenters. The molecule has 0 heterocycles. The first-order valence-corrected chi connectivity index (χ1v) is 8.83. The van der Waals surface area contributed by atoms with Gasteiger partial charge < -0.3 is 10.2 Å². The molecule has 2 fully saturated rings. The number of rotatable bonds is 6. The molecule has 0 aromatic carbocycles. The van der Waals surface area contributed by atoms with Crippen molar-refractivity contribution < 1.29 is 0 Å². The number of nitrogens with zero attached hydrogens (tertiary/aromatic N) is 1. The van der Waals surface area contributed by atoms with Crippen LogP contribution in [0.3, 0.4) is 0 Å². The normalized spacial score (nSPS) is 31.8. The molecular weight excluding hydrogens is 244 g/mol. The fourth-order valence-corrected chi connectivity index (χ4v) is 3.95. The number of hydrogen-bond donors (Lipinski definition) is 1. The van der Waals surface area contributed by atoms with E-state index in [9.17, 15) is 0 Å². The molecule has 2 saturated carbocycles. The Morgan fingerprint density at radius 1 is 1.20 bits per heavy atom. The van der Waals surface area contributed by atoms with Crippen molar-refractivity contribution in [3.8, 4) is 0 Å². The van der Waals surface area contributed by atoms with Crippen molar-refractivity contribution in [2.45, 2.75) is 84.7 Å². The second-order valence-corrected chi connectivity index (χ2v) is 8.60. The van der Waals surface area contributed by atoms with Gasteiger partial charge in [-0.15, -0.1) is 0 Å². The van der Waals surface area contributed by atoms with E-state index in [2.05, 4.69) is 44.8 Å². The lowest BCUT2D eigenvalue weighted by Crippen LogP contribution is -2.51. The predicted molar refractivity (Wildman–Crippen MR) is 88.1 cm³/mol. The van der Waals surface area contributed by atoms with Gasteiger partial charge in [-0.2, -0.15) is 0 Å². The van der Waals surface area contributed by atoms with Crippen LogP contribution in [0.25, 0.3) is 0 Å². The van der Waals surface area contributed by atoms with Gasteiger partial charge in [0.1, 0.15) is 0 Å². The average molecular weight is 280 g/mol. The molecule has 118 valence electrons. The molecular formula is C18H36N2. The van der Waals surface area contributed by atoms with Crippen LogP contribution in [0.2, 0.25) is 0 Å². The van der Waals surface area contributed by atoms with Crippen molar-refractivity contribution in [1.29, 1.82) is 0 Å². The van der Waals surface area contributed by atoms with Gasteiger partial charge in [0.2, 0.25) is 0 Å². The molecule has 2 nitrogen and oxygen atoms in total. The van der Waals surface area contributed by atoms with Crippen LogP contribution in [0, 0.1) is 11.3 Å². The molecule has 2 heteroatoms. The Balaban J connectivity index is 2.02. The van der Waals surface area contributed by atoms with Gasteiger partial charge in [0.15, 0.2) is 0 Å². The quantitative estimate of drug-likeness (QED) is 0.789. The van der Waals surface area contributed by atoms with Crippen molar-refractivity contribution in [3.05, 3.63) is 0 Å². The summed E-state index contributed by atoms with van der Waals surface area (Å²) in [7, 11) is 0. The van der Waals surface area contributed by atoms with Crippen LogP contribution in [0.4, 0.5) is 0 Å². The molecule has 2 aliphatic carbocycles. The zero-order valence-corrected chi connectivity index (χ0v) is 14.5. The van der Waals surface area contributed by atoms with Gasteiger partial charge in [-0.05, 0) is 64.3 Å². The third kappa shape index (κ3) is 4.73. The van der Waals surface area contributed by atoms with Crippen LogP contribution < -0.4 is 5.32 Å². The van der Waals surface area contributed by atoms with E-state index >= 15 is 0 Å². The van der Waals surface area contributed by atoms with Crippen LogP contribution in [0.5, 0.6) is 0 Å². The van der Waals surface area contributed by atoms with Gasteiger partial charge in [-0.3, -0.25) is 0 Å². The summed E-state index contributed by atoms with van der Waals surface area (Å²) < 4.78 is 0. The lowest BCUT2D eigenvalue weighted by Gasteiger charge is -2.45. The van der Waals surface area contributed by atoms with E-state index in [4.69, 9.17) is 0 Å². The van der Waals surface area contributed by atoms with E-state index < -0.39 is 0 Å². The van der Waals surface area contributed by atoms with Crippen molar-refractivity contribution in [1.82, 2.24) is 10.2 Å². The van der Waals surface area contributed by atoms with Crippen LogP contribution in [0.1, 0.15) is 73.1 Å². The summed E-state index contributed by atoms with van der Waals surface area (Å²) in [5.41, 5.74) is 0.758. The maximum Gasteiger partial charge on any atom is 0.00967 e. The van der Waals surface area contributed by atoms with Gasteiger partial charge in [0.25, 0.3) is 0 Å². The predicted octanol–water partition coefficient (Wildman–Crippen LogP) is 4.06. The molecule has 0 aromatic heterocycles. The van der Waals surface area contributed by atoms with E-state index in [0.29, 0.717) is 5.41 Å². The summed E-state index contributed by atoms with van der Waals surface area (Å²) in [5, 5.41) is 3.82. The van der Waals surface area contributed by atoms with E-state index in [1.54, 1.807) is 0 Å². The zero-order valence-electron chi connectivity index (χ0n) is 14.5. The minimum Gasteiger partial charge on any atom is -0.311 e. The van der Waals surface area contributed by atoms with Crippen LogP contribution >= 0.6 is 0 Å². The molecule has 0 radical (unpaired) electrons. The highest BCUT2D eigenvalue weighted by atomic mass is 15.2. The summed E-state index contributed by atoms with van der Waals surface area (Å²) in [6.45, 7) is 15.4. The molecule has 0 saturated heterocycles. The third-order valence-electron chi connectivity index (χ3n) is 5.19. The molecule has 0 spiro atoms. The summed E-state index contributed by atoms with van der Waals surface area (Å²) in [6.07, 6.45) is 8.57. The highest BCUT2D eigenvalue weighted by Crippen LogP contribution is 2.41. The fourth-order valence-electron chi connectivity index (χ4n) is 3.95. The Hall–Kier alpha value is -0.0800. The Morgan fingerprint density at radius 2 is 1.90 bits per heavy atom. The maximum absolute atomic E-state index is 3.82. The summed E-state index contributed by atoms with van der Waals surface area (Å²) >= 11 is 0. The average Bonchev–Trinajstić information content (AvgIpc) is 3.17. The third-order valence-corrected chi connectivity index (χ3v) is 5.19. The molecule has 20 heavy (non-hydrogen) atoms. The topological polar surface area (TPSA) is 15.3 Å². The van der Waals surface area contributed by atoms with Gasteiger partial charge in [0.05, 0.1) is 0 Å².